The van der Waals surface area contributed by atoms with E-state index in [-0.39, 0.29) is 19.0 Å². The Bertz CT molecular complexity index is 312. The highest BCUT2D eigenvalue weighted by atomic mass is 19.3. The number of ether oxygens (including phenoxy) is 1. The minimum absolute atomic E-state index is 0.132. The van der Waals surface area contributed by atoms with E-state index < -0.39 is 23.5 Å². The topological polar surface area (TPSA) is 29.5 Å². The molecule has 0 N–H and O–H groups in total. The third-order valence-electron chi connectivity index (χ3n) is 3.15. The Morgan fingerprint density at radius 2 is 2.06 bits per heavy atom. The van der Waals surface area contributed by atoms with E-state index in [1.807, 2.05) is 0 Å². The van der Waals surface area contributed by atoms with Crippen LogP contribution in [0.1, 0.15) is 33.6 Å². The Kier molecular flexibility index (Phi) is 2.40. The van der Waals surface area contributed by atoms with Gasteiger partial charge in [-0.1, -0.05) is 0 Å². The van der Waals surface area contributed by atoms with Crippen LogP contribution in [0.4, 0.5) is 13.6 Å². The van der Waals surface area contributed by atoms with Gasteiger partial charge in [0.1, 0.15) is 5.60 Å². The molecule has 0 unspecified atom stereocenters. The van der Waals surface area contributed by atoms with Gasteiger partial charge in [-0.05, 0) is 27.2 Å². The number of rotatable bonds is 0. The zero-order valence-electron chi connectivity index (χ0n) is 9.80. The van der Waals surface area contributed by atoms with Gasteiger partial charge < -0.3 is 9.64 Å². The molecule has 1 aliphatic heterocycles. The van der Waals surface area contributed by atoms with E-state index in [9.17, 15) is 13.6 Å². The Hall–Kier alpha value is -0.870. The van der Waals surface area contributed by atoms with Crippen molar-refractivity contribution in [2.45, 2.75) is 51.2 Å². The van der Waals surface area contributed by atoms with E-state index >= 15 is 0 Å². The van der Waals surface area contributed by atoms with Crippen LogP contribution in [0.2, 0.25) is 0 Å². The maximum Gasteiger partial charge on any atom is 0.410 e. The molecule has 1 aliphatic carbocycles. The number of amides is 1. The van der Waals surface area contributed by atoms with Gasteiger partial charge in [0.2, 0.25) is 0 Å². The molecule has 2 bridgehead atoms. The number of alkyl halides is 2. The van der Waals surface area contributed by atoms with E-state index in [2.05, 4.69) is 0 Å². The molecule has 2 rings (SSSR count). The predicted octanol–water partition coefficient (Wildman–Crippen LogP) is 2.65. The standard InChI is InChI=1S/C11H17F2NO2/c1-10(2,3)16-9(15)14-6-7-4-8(14)5-11(7,12)13/h7-8H,4-6H2,1-3H3/t7-,8-/m1/s1. The van der Waals surface area contributed by atoms with Crippen LogP contribution >= 0.6 is 0 Å². The molecule has 0 spiro atoms. The van der Waals surface area contributed by atoms with E-state index in [1.165, 1.54) is 4.90 Å². The van der Waals surface area contributed by atoms with Crippen molar-refractivity contribution in [2.75, 3.05) is 6.54 Å². The van der Waals surface area contributed by atoms with Crippen molar-refractivity contribution in [3.8, 4) is 0 Å². The second kappa shape index (κ2) is 3.31. The number of likely N-dealkylation sites (tertiary alicyclic amines) is 1. The molecule has 0 aromatic heterocycles. The lowest BCUT2D eigenvalue weighted by Gasteiger charge is -2.32. The molecule has 0 radical (unpaired) electrons. The Labute approximate surface area is 93.7 Å². The van der Waals surface area contributed by atoms with Crippen molar-refractivity contribution in [1.29, 1.82) is 0 Å². The summed E-state index contributed by atoms with van der Waals surface area (Å²) in [6.07, 6.45) is -0.265. The van der Waals surface area contributed by atoms with E-state index in [1.54, 1.807) is 20.8 Å². The van der Waals surface area contributed by atoms with Crippen molar-refractivity contribution < 1.29 is 18.3 Å². The van der Waals surface area contributed by atoms with Gasteiger partial charge in [-0.25, -0.2) is 13.6 Å². The minimum atomic E-state index is -2.59. The molecule has 0 aromatic rings. The highest BCUT2D eigenvalue weighted by Crippen LogP contribution is 2.48. The molecular weight excluding hydrogens is 216 g/mol. The summed E-state index contributed by atoms with van der Waals surface area (Å²) >= 11 is 0. The largest absolute Gasteiger partial charge is 0.444 e. The highest BCUT2D eigenvalue weighted by Gasteiger charge is 2.57. The lowest BCUT2D eigenvalue weighted by atomic mass is 10.1. The van der Waals surface area contributed by atoms with Crippen LogP contribution in [-0.2, 0) is 4.74 Å². The molecule has 2 aliphatic rings. The lowest BCUT2D eigenvalue weighted by Crippen LogP contribution is -2.46. The molecule has 1 saturated carbocycles. The molecule has 16 heavy (non-hydrogen) atoms. The first-order chi connectivity index (χ1) is 7.19. The summed E-state index contributed by atoms with van der Waals surface area (Å²) in [6.45, 7) is 5.45. The average molecular weight is 233 g/mol. The van der Waals surface area contributed by atoms with E-state index in [0.717, 1.165) is 0 Å². The van der Waals surface area contributed by atoms with Crippen molar-refractivity contribution in [2.24, 2.45) is 5.92 Å². The van der Waals surface area contributed by atoms with Gasteiger partial charge in [0.25, 0.3) is 5.92 Å². The summed E-state index contributed by atoms with van der Waals surface area (Å²) in [7, 11) is 0. The summed E-state index contributed by atoms with van der Waals surface area (Å²) in [4.78, 5) is 13.2. The first-order valence-electron chi connectivity index (χ1n) is 5.56. The molecular formula is C11H17F2NO2. The SMILES string of the molecule is CC(C)(C)OC(=O)N1C[C@H]2C[C@@H]1CC2(F)F. The van der Waals surface area contributed by atoms with Crippen molar-refractivity contribution in [3.63, 3.8) is 0 Å². The number of hydrogen-bond donors (Lipinski definition) is 0. The minimum Gasteiger partial charge on any atom is -0.444 e. The number of piperidine rings is 1. The number of carbonyl (C=O) groups is 1. The van der Waals surface area contributed by atoms with Crippen LogP contribution < -0.4 is 0 Å². The smallest absolute Gasteiger partial charge is 0.410 e. The summed E-state index contributed by atoms with van der Waals surface area (Å²) in [6, 6.07) is -0.338. The number of halogens is 2. The third kappa shape index (κ3) is 1.99. The zero-order chi connectivity index (χ0) is 12.1. The summed E-state index contributed by atoms with van der Waals surface area (Å²) in [5.74, 6) is -3.27. The van der Waals surface area contributed by atoms with Crippen LogP contribution in [0.15, 0.2) is 0 Å². The molecule has 1 saturated heterocycles. The van der Waals surface area contributed by atoms with E-state index in [0.29, 0.717) is 6.42 Å². The summed E-state index contributed by atoms with van der Waals surface area (Å²) in [5, 5.41) is 0. The summed E-state index contributed by atoms with van der Waals surface area (Å²) < 4.78 is 31.7. The maximum absolute atomic E-state index is 13.2. The Balaban J connectivity index is 1.98. The molecule has 5 heteroatoms. The van der Waals surface area contributed by atoms with Crippen molar-refractivity contribution >= 4 is 6.09 Å². The first kappa shape index (κ1) is 11.6. The van der Waals surface area contributed by atoms with Crippen LogP contribution in [-0.4, -0.2) is 35.1 Å². The fraction of sp³-hybridized carbons (Fsp3) is 0.909. The van der Waals surface area contributed by atoms with Crippen LogP contribution in [0, 0.1) is 5.92 Å². The first-order valence-corrected chi connectivity index (χ1v) is 5.56. The highest BCUT2D eigenvalue weighted by molar-refractivity contribution is 5.69. The predicted molar refractivity (Wildman–Crippen MR) is 54.4 cm³/mol. The third-order valence-corrected chi connectivity index (χ3v) is 3.15. The molecule has 3 nitrogen and oxygen atoms in total. The number of nitrogens with zero attached hydrogens (tertiary/aromatic N) is 1. The van der Waals surface area contributed by atoms with Crippen LogP contribution in [0.3, 0.4) is 0 Å². The second-order valence-corrected chi connectivity index (χ2v) is 5.68. The van der Waals surface area contributed by atoms with Crippen LogP contribution in [0.25, 0.3) is 0 Å². The monoisotopic (exact) mass is 233 g/mol. The Morgan fingerprint density at radius 1 is 1.44 bits per heavy atom. The van der Waals surface area contributed by atoms with Gasteiger partial charge in [-0.15, -0.1) is 0 Å². The number of carbonyl (C=O) groups excluding carboxylic acids is 1. The fourth-order valence-electron chi connectivity index (χ4n) is 2.44. The van der Waals surface area contributed by atoms with Crippen LogP contribution in [0.5, 0.6) is 0 Å². The average Bonchev–Trinajstić information content (AvgIpc) is 2.54. The molecule has 0 aromatic carbocycles. The second-order valence-electron chi connectivity index (χ2n) is 5.68. The van der Waals surface area contributed by atoms with Gasteiger partial charge in [0, 0.05) is 24.9 Å². The molecule has 1 amide bonds. The van der Waals surface area contributed by atoms with Gasteiger partial charge in [-0.2, -0.15) is 0 Å². The van der Waals surface area contributed by atoms with Gasteiger partial charge in [0.05, 0.1) is 0 Å². The normalized spacial score (nSPS) is 31.9. The number of hydrogen-bond acceptors (Lipinski definition) is 2. The van der Waals surface area contributed by atoms with Gasteiger partial charge in [-0.3, -0.25) is 0 Å². The van der Waals surface area contributed by atoms with Gasteiger partial charge >= 0.3 is 6.09 Å². The number of fused-ring (bicyclic) bond motifs is 2. The zero-order valence-corrected chi connectivity index (χ0v) is 9.80. The van der Waals surface area contributed by atoms with E-state index in [4.69, 9.17) is 4.74 Å². The quantitative estimate of drug-likeness (QED) is 0.643. The molecule has 92 valence electrons. The molecule has 2 fully saturated rings. The van der Waals surface area contributed by atoms with Gasteiger partial charge in [0.15, 0.2) is 0 Å². The molecule has 1 heterocycles. The van der Waals surface area contributed by atoms with Crippen molar-refractivity contribution in [3.05, 3.63) is 0 Å². The summed E-state index contributed by atoms with van der Waals surface area (Å²) in [5.41, 5.74) is -0.568. The lowest BCUT2D eigenvalue weighted by molar-refractivity contribution is -0.0691. The fourth-order valence-corrected chi connectivity index (χ4v) is 2.44. The maximum atomic E-state index is 13.2. The van der Waals surface area contributed by atoms with Crippen molar-refractivity contribution in [1.82, 2.24) is 4.90 Å². The molecule has 2 atom stereocenters. The Morgan fingerprint density at radius 3 is 2.44 bits per heavy atom.